The first-order valence-corrected chi connectivity index (χ1v) is 4.12. The van der Waals surface area contributed by atoms with Gasteiger partial charge in [0.15, 0.2) is 11.4 Å². The number of hydrogen-bond donors (Lipinski definition) is 1. The Labute approximate surface area is 67.9 Å². The summed E-state index contributed by atoms with van der Waals surface area (Å²) in [6, 6.07) is 0. The molecule has 0 aliphatic carbocycles. The third-order valence-corrected chi connectivity index (χ3v) is 2.24. The lowest BCUT2D eigenvalue weighted by Crippen LogP contribution is -1.93. The Balaban J connectivity index is 2.15. The highest BCUT2D eigenvalue weighted by Gasteiger charge is 2.20. The summed E-state index contributed by atoms with van der Waals surface area (Å²) in [5.74, 6) is 0. The maximum Gasteiger partial charge on any atom is 0.194 e. The van der Waals surface area contributed by atoms with E-state index in [1.807, 2.05) is 0 Å². The molecule has 0 unspecified atom stereocenters. The Kier molecular flexibility index (Phi) is 1.77. The first-order chi connectivity index (χ1) is 5.36. The molecule has 1 aliphatic rings. The number of aromatic nitrogens is 1. The van der Waals surface area contributed by atoms with Gasteiger partial charge in [0.05, 0.1) is 18.1 Å². The maximum atomic E-state index is 5.44. The van der Waals surface area contributed by atoms with Crippen molar-refractivity contribution < 1.29 is 9.47 Å². The molecule has 60 valence electrons. The van der Waals surface area contributed by atoms with Gasteiger partial charge in [0.2, 0.25) is 0 Å². The third kappa shape index (κ3) is 1.35. The SMILES string of the molecule is Nc1ncc(C2OCCO2)s1. The molecule has 1 aliphatic heterocycles. The average molecular weight is 172 g/mol. The zero-order valence-electron chi connectivity index (χ0n) is 5.82. The van der Waals surface area contributed by atoms with Crippen molar-refractivity contribution in [3.05, 3.63) is 11.1 Å². The van der Waals surface area contributed by atoms with Gasteiger partial charge in [-0.15, -0.1) is 0 Å². The van der Waals surface area contributed by atoms with Gasteiger partial charge in [-0.3, -0.25) is 0 Å². The number of rotatable bonds is 1. The van der Waals surface area contributed by atoms with Crippen molar-refractivity contribution >= 4 is 16.5 Å². The number of nitrogens with zero attached hydrogens (tertiary/aromatic N) is 1. The molecular weight excluding hydrogens is 164 g/mol. The molecular formula is C6H8N2O2S. The number of hydrogen-bond acceptors (Lipinski definition) is 5. The number of anilines is 1. The molecule has 11 heavy (non-hydrogen) atoms. The fourth-order valence-electron chi connectivity index (χ4n) is 0.932. The lowest BCUT2D eigenvalue weighted by molar-refractivity contribution is -0.0414. The molecule has 1 saturated heterocycles. The molecule has 0 saturated carbocycles. The molecule has 0 amide bonds. The molecule has 2 rings (SSSR count). The van der Waals surface area contributed by atoms with E-state index in [2.05, 4.69) is 4.98 Å². The number of nitrogen functional groups attached to an aromatic ring is 1. The van der Waals surface area contributed by atoms with Crippen molar-refractivity contribution in [2.75, 3.05) is 18.9 Å². The standard InChI is InChI=1S/C6H8N2O2S/c7-6-8-3-4(11-6)5-9-1-2-10-5/h3,5H,1-2H2,(H2,7,8). The van der Waals surface area contributed by atoms with Crippen LogP contribution in [-0.2, 0) is 9.47 Å². The summed E-state index contributed by atoms with van der Waals surface area (Å²) in [7, 11) is 0. The molecule has 0 bridgehead atoms. The van der Waals surface area contributed by atoms with Crippen LogP contribution >= 0.6 is 11.3 Å². The van der Waals surface area contributed by atoms with Gasteiger partial charge in [0.1, 0.15) is 0 Å². The summed E-state index contributed by atoms with van der Waals surface area (Å²) in [6.45, 7) is 1.31. The van der Waals surface area contributed by atoms with E-state index in [0.29, 0.717) is 18.3 Å². The lowest BCUT2D eigenvalue weighted by Gasteiger charge is -2.03. The van der Waals surface area contributed by atoms with E-state index >= 15 is 0 Å². The van der Waals surface area contributed by atoms with E-state index < -0.39 is 0 Å². The number of thiazole rings is 1. The molecule has 0 spiro atoms. The van der Waals surface area contributed by atoms with Gasteiger partial charge in [0.25, 0.3) is 0 Å². The molecule has 0 atom stereocenters. The molecule has 1 aromatic rings. The van der Waals surface area contributed by atoms with E-state index in [1.54, 1.807) is 6.20 Å². The van der Waals surface area contributed by atoms with Gasteiger partial charge in [-0.2, -0.15) is 0 Å². The fourth-order valence-corrected chi connectivity index (χ4v) is 1.62. The lowest BCUT2D eigenvalue weighted by atomic mass is 10.5. The summed E-state index contributed by atoms with van der Waals surface area (Å²) in [6.07, 6.45) is 1.46. The van der Waals surface area contributed by atoms with Crippen LogP contribution in [-0.4, -0.2) is 18.2 Å². The second-order valence-corrected chi connectivity index (χ2v) is 3.27. The predicted octanol–water partition coefficient (Wildman–Crippen LogP) is 0.771. The summed E-state index contributed by atoms with van der Waals surface area (Å²) in [5, 5.41) is 0.555. The van der Waals surface area contributed by atoms with Crippen LogP contribution in [0.2, 0.25) is 0 Å². The highest BCUT2D eigenvalue weighted by molar-refractivity contribution is 7.15. The Morgan fingerprint density at radius 2 is 2.27 bits per heavy atom. The smallest absolute Gasteiger partial charge is 0.194 e. The highest BCUT2D eigenvalue weighted by Crippen LogP contribution is 2.28. The Bertz CT molecular complexity index is 244. The second-order valence-electron chi connectivity index (χ2n) is 2.17. The Hall–Kier alpha value is -0.650. The molecule has 2 heterocycles. The minimum absolute atomic E-state index is 0.232. The minimum Gasteiger partial charge on any atom is -0.375 e. The van der Waals surface area contributed by atoms with Gasteiger partial charge < -0.3 is 15.2 Å². The van der Waals surface area contributed by atoms with Gasteiger partial charge in [-0.25, -0.2) is 4.98 Å². The fraction of sp³-hybridized carbons (Fsp3) is 0.500. The van der Waals surface area contributed by atoms with Gasteiger partial charge in [-0.05, 0) is 0 Å². The van der Waals surface area contributed by atoms with E-state index in [9.17, 15) is 0 Å². The summed E-state index contributed by atoms with van der Waals surface area (Å²) in [5.41, 5.74) is 5.44. The molecule has 0 aromatic carbocycles. The van der Waals surface area contributed by atoms with Gasteiger partial charge >= 0.3 is 0 Å². The van der Waals surface area contributed by atoms with Crippen LogP contribution in [0.25, 0.3) is 0 Å². The third-order valence-electron chi connectivity index (χ3n) is 1.40. The normalized spacial score (nSPS) is 19.3. The number of nitrogens with two attached hydrogens (primary N) is 1. The van der Waals surface area contributed by atoms with Crippen LogP contribution in [0, 0.1) is 0 Å². The van der Waals surface area contributed by atoms with E-state index in [0.717, 1.165) is 4.88 Å². The van der Waals surface area contributed by atoms with Crippen molar-refractivity contribution in [1.29, 1.82) is 0 Å². The van der Waals surface area contributed by atoms with Crippen LogP contribution < -0.4 is 5.73 Å². The summed E-state index contributed by atoms with van der Waals surface area (Å²) < 4.78 is 10.5. The van der Waals surface area contributed by atoms with Crippen LogP contribution in [0.15, 0.2) is 6.20 Å². The van der Waals surface area contributed by atoms with Crippen LogP contribution in [0.3, 0.4) is 0 Å². The largest absolute Gasteiger partial charge is 0.375 e. The first kappa shape index (κ1) is 7.02. The van der Waals surface area contributed by atoms with Gasteiger partial charge in [-0.1, -0.05) is 11.3 Å². The predicted molar refractivity (Wildman–Crippen MR) is 41.2 cm³/mol. The summed E-state index contributed by atoms with van der Waals surface area (Å²) >= 11 is 1.40. The molecule has 1 aromatic heterocycles. The highest BCUT2D eigenvalue weighted by atomic mass is 32.1. The van der Waals surface area contributed by atoms with E-state index in [-0.39, 0.29) is 6.29 Å². The molecule has 1 fully saturated rings. The first-order valence-electron chi connectivity index (χ1n) is 3.30. The summed E-state index contributed by atoms with van der Waals surface area (Å²) in [4.78, 5) is 4.84. The Morgan fingerprint density at radius 1 is 1.55 bits per heavy atom. The van der Waals surface area contributed by atoms with E-state index in [4.69, 9.17) is 15.2 Å². The topological polar surface area (TPSA) is 57.4 Å². The zero-order valence-corrected chi connectivity index (χ0v) is 6.63. The van der Waals surface area contributed by atoms with Crippen molar-refractivity contribution in [2.45, 2.75) is 6.29 Å². The monoisotopic (exact) mass is 172 g/mol. The average Bonchev–Trinajstić information content (AvgIpc) is 2.55. The van der Waals surface area contributed by atoms with Crippen molar-refractivity contribution in [1.82, 2.24) is 4.98 Å². The zero-order chi connectivity index (χ0) is 7.68. The Morgan fingerprint density at radius 3 is 2.82 bits per heavy atom. The second kappa shape index (κ2) is 2.77. The molecule has 2 N–H and O–H groups in total. The van der Waals surface area contributed by atoms with Gasteiger partial charge in [0, 0.05) is 6.20 Å². The molecule has 4 nitrogen and oxygen atoms in total. The molecule has 0 radical (unpaired) electrons. The number of ether oxygens (including phenoxy) is 2. The quantitative estimate of drug-likeness (QED) is 0.679. The van der Waals surface area contributed by atoms with Crippen molar-refractivity contribution in [2.24, 2.45) is 0 Å². The van der Waals surface area contributed by atoms with Crippen molar-refractivity contribution in [3.8, 4) is 0 Å². The van der Waals surface area contributed by atoms with E-state index in [1.165, 1.54) is 11.3 Å². The maximum absolute atomic E-state index is 5.44. The minimum atomic E-state index is -0.232. The van der Waals surface area contributed by atoms with Crippen LogP contribution in [0.5, 0.6) is 0 Å². The van der Waals surface area contributed by atoms with Crippen LogP contribution in [0.1, 0.15) is 11.2 Å². The van der Waals surface area contributed by atoms with Crippen molar-refractivity contribution in [3.63, 3.8) is 0 Å². The van der Waals surface area contributed by atoms with Crippen LogP contribution in [0.4, 0.5) is 5.13 Å². The molecule has 5 heteroatoms.